The molecule has 10 nitrogen and oxygen atoms in total. The molecular formula is C26H34FN5O5S. The second-order valence-corrected chi connectivity index (χ2v) is 12.3. The van der Waals surface area contributed by atoms with Crippen LogP contribution in [0.25, 0.3) is 0 Å². The second-order valence-electron chi connectivity index (χ2n) is 10.4. The first kappa shape index (κ1) is 26.6. The number of hydrogen-bond acceptors (Lipinski definition) is 8. The van der Waals surface area contributed by atoms with E-state index in [9.17, 15) is 17.6 Å². The molecule has 1 aromatic heterocycles. The van der Waals surface area contributed by atoms with E-state index in [1.54, 1.807) is 17.0 Å². The van der Waals surface area contributed by atoms with Gasteiger partial charge in [0.2, 0.25) is 10.0 Å². The highest BCUT2D eigenvalue weighted by Gasteiger charge is 2.44. The van der Waals surface area contributed by atoms with Crippen LogP contribution in [0.3, 0.4) is 0 Å². The number of aromatic nitrogens is 1. The van der Waals surface area contributed by atoms with Gasteiger partial charge in [-0.25, -0.2) is 17.8 Å². The molecule has 2 aliphatic heterocycles. The average molecular weight is 548 g/mol. The van der Waals surface area contributed by atoms with Crippen molar-refractivity contribution >= 4 is 38.9 Å². The maximum atomic E-state index is 14.6. The van der Waals surface area contributed by atoms with Crippen LogP contribution in [-0.2, 0) is 14.8 Å². The van der Waals surface area contributed by atoms with Crippen LogP contribution in [0.2, 0.25) is 0 Å². The van der Waals surface area contributed by atoms with Gasteiger partial charge in [-0.2, -0.15) is 0 Å². The molecule has 1 aromatic carbocycles. The topological polar surface area (TPSA) is 124 Å². The third kappa shape index (κ3) is 6.02. The molecule has 12 heteroatoms. The second kappa shape index (κ2) is 10.7. The average Bonchev–Trinajstić information content (AvgIpc) is 3.64. The molecule has 3 N–H and O–H groups in total. The van der Waals surface area contributed by atoms with Crippen molar-refractivity contribution < 1.29 is 27.4 Å². The molecule has 5 rings (SSSR count). The maximum Gasteiger partial charge on any atom is 0.258 e. The summed E-state index contributed by atoms with van der Waals surface area (Å²) in [7, 11) is -3.72. The number of piperidine rings is 1. The zero-order valence-electron chi connectivity index (χ0n) is 21.5. The van der Waals surface area contributed by atoms with Crippen molar-refractivity contribution in [3.63, 3.8) is 0 Å². The standard InChI is InChI=1S/C26H34FN5O5S/c1-18-17-32(12-14-37-18)24-21(27)4-5-23(28-24)29-25(34)20-3-2-19(30-38(35,36)15-13-33)16-22(20)31-10-8-26(6-7-26)9-11-31/h2-5,16,18,30,33H,6-15,17H2,1H3,(H,28,29,34). The minimum atomic E-state index is -3.72. The molecule has 0 bridgehead atoms. The first-order valence-electron chi connectivity index (χ1n) is 13.0. The largest absolute Gasteiger partial charge is 0.395 e. The van der Waals surface area contributed by atoms with E-state index in [1.807, 2.05) is 6.92 Å². The van der Waals surface area contributed by atoms with Crippen molar-refractivity contribution in [3.05, 3.63) is 41.7 Å². The van der Waals surface area contributed by atoms with Crippen LogP contribution < -0.4 is 19.8 Å². The van der Waals surface area contributed by atoms with Gasteiger partial charge >= 0.3 is 0 Å². The number of pyridine rings is 1. The number of sulfonamides is 1. The summed E-state index contributed by atoms with van der Waals surface area (Å²) in [6.45, 7) is 4.41. The number of nitrogens with one attached hydrogen (secondary N) is 2. The molecule has 3 fully saturated rings. The summed E-state index contributed by atoms with van der Waals surface area (Å²) in [5, 5.41) is 11.9. The van der Waals surface area contributed by atoms with Crippen molar-refractivity contribution in [2.24, 2.45) is 5.41 Å². The summed E-state index contributed by atoms with van der Waals surface area (Å²) in [6, 6.07) is 7.48. The molecule has 0 radical (unpaired) electrons. The molecule has 1 aliphatic carbocycles. The van der Waals surface area contributed by atoms with Gasteiger partial charge in [0.15, 0.2) is 11.6 Å². The SMILES string of the molecule is CC1CN(c2nc(NC(=O)c3ccc(NS(=O)(=O)CCO)cc3N3CCC4(CC3)CC4)ccc2F)CCO1. The number of aliphatic hydroxyl groups excluding tert-OH is 1. The third-order valence-corrected chi connectivity index (χ3v) is 8.87. The van der Waals surface area contributed by atoms with E-state index >= 15 is 0 Å². The minimum absolute atomic E-state index is 0.0570. The van der Waals surface area contributed by atoms with Crippen LogP contribution in [-0.4, -0.2) is 75.7 Å². The van der Waals surface area contributed by atoms with Crippen molar-refractivity contribution in [3.8, 4) is 0 Å². The lowest BCUT2D eigenvalue weighted by Gasteiger charge is -2.35. The summed E-state index contributed by atoms with van der Waals surface area (Å²) >= 11 is 0. The Kier molecular flexibility index (Phi) is 7.47. The third-order valence-electron chi connectivity index (χ3n) is 7.61. The number of amides is 1. The fourth-order valence-electron chi connectivity index (χ4n) is 5.22. The van der Waals surface area contributed by atoms with Crippen LogP contribution in [0.4, 0.5) is 27.4 Å². The highest BCUT2D eigenvalue weighted by Crippen LogP contribution is 2.54. The van der Waals surface area contributed by atoms with Gasteiger partial charge in [-0.15, -0.1) is 0 Å². The molecule has 2 aromatic rings. The Morgan fingerprint density at radius 3 is 2.61 bits per heavy atom. The van der Waals surface area contributed by atoms with Gasteiger partial charge in [0.05, 0.1) is 42.0 Å². The number of halogens is 1. The highest BCUT2D eigenvalue weighted by atomic mass is 32.2. The molecular weight excluding hydrogens is 513 g/mol. The quantitative estimate of drug-likeness (QED) is 0.461. The summed E-state index contributed by atoms with van der Waals surface area (Å²) in [6.07, 6.45) is 4.45. The molecule has 38 heavy (non-hydrogen) atoms. The molecule has 1 saturated carbocycles. The first-order valence-corrected chi connectivity index (χ1v) is 14.7. The van der Waals surface area contributed by atoms with E-state index in [0.29, 0.717) is 42.0 Å². The van der Waals surface area contributed by atoms with Crippen LogP contribution in [0, 0.1) is 11.2 Å². The van der Waals surface area contributed by atoms with Gasteiger partial charge in [0.1, 0.15) is 5.82 Å². The summed E-state index contributed by atoms with van der Waals surface area (Å²) in [5.74, 6) is -0.925. The predicted octanol–water partition coefficient (Wildman–Crippen LogP) is 2.81. The lowest BCUT2D eigenvalue weighted by molar-refractivity contribution is 0.0527. The van der Waals surface area contributed by atoms with Crippen LogP contribution in [0.5, 0.6) is 0 Å². The smallest absolute Gasteiger partial charge is 0.258 e. The van der Waals surface area contributed by atoms with Gasteiger partial charge in [0, 0.05) is 26.2 Å². The van der Waals surface area contributed by atoms with E-state index in [4.69, 9.17) is 9.84 Å². The molecule has 2 saturated heterocycles. The summed E-state index contributed by atoms with van der Waals surface area (Å²) in [5.41, 5.74) is 1.73. The Bertz CT molecular complexity index is 1290. The Morgan fingerprint density at radius 2 is 1.92 bits per heavy atom. The number of morpholine rings is 1. The highest BCUT2D eigenvalue weighted by molar-refractivity contribution is 7.92. The summed E-state index contributed by atoms with van der Waals surface area (Å²) < 4.78 is 47.1. The minimum Gasteiger partial charge on any atom is -0.395 e. The molecule has 1 spiro atoms. The number of ether oxygens (including phenoxy) is 1. The number of nitrogens with zero attached hydrogens (tertiary/aromatic N) is 3. The van der Waals surface area contributed by atoms with Crippen LogP contribution >= 0.6 is 0 Å². The maximum absolute atomic E-state index is 14.6. The van der Waals surface area contributed by atoms with E-state index in [-0.39, 0.29) is 17.7 Å². The zero-order chi connectivity index (χ0) is 26.9. The number of rotatable bonds is 8. The molecule has 1 unspecified atom stereocenters. The van der Waals surface area contributed by atoms with Gasteiger partial charge < -0.3 is 25.0 Å². The van der Waals surface area contributed by atoms with Crippen molar-refractivity contribution in [1.29, 1.82) is 0 Å². The fourth-order valence-corrected chi connectivity index (χ4v) is 6.04. The van der Waals surface area contributed by atoms with Gasteiger partial charge in [0.25, 0.3) is 5.91 Å². The summed E-state index contributed by atoms with van der Waals surface area (Å²) in [4.78, 5) is 21.8. The Morgan fingerprint density at radius 1 is 1.16 bits per heavy atom. The Labute approximate surface area is 222 Å². The van der Waals surface area contributed by atoms with E-state index in [2.05, 4.69) is 19.9 Å². The number of hydrogen-bond donors (Lipinski definition) is 3. The fraction of sp³-hybridized carbons (Fsp3) is 0.538. The van der Waals surface area contributed by atoms with E-state index in [1.165, 1.54) is 31.0 Å². The normalized spacial score (nSPS) is 20.9. The molecule has 3 aliphatic rings. The van der Waals surface area contributed by atoms with E-state index in [0.717, 1.165) is 25.9 Å². The Hall–Kier alpha value is -2.96. The van der Waals surface area contributed by atoms with Crippen LogP contribution in [0.15, 0.2) is 30.3 Å². The van der Waals surface area contributed by atoms with Crippen molar-refractivity contribution in [2.45, 2.75) is 38.7 Å². The van der Waals surface area contributed by atoms with Crippen molar-refractivity contribution in [1.82, 2.24) is 4.98 Å². The van der Waals surface area contributed by atoms with Crippen molar-refractivity contribution in [2.75, 3.05) is 65.0 Å². The van der Waals surface area contributed by atoms with Crippen LogP contribution in [0.1, 0.15) is 43.0 Å². The zero-order valence-corrected chi connectivity index (χ0v) is 22.3. The number of carbonyl (C=O) groups is 1. The lowest BCUT2D eigenvalue weighted by atomic mass is 9.93. The number of carbonyl (C=O) groups excluding carboxylic acids is 1. The van der Waals surface area contributed by atoms with Gasteiger partial charge in [-0.1, -0.05) is 0 Å². The number of aliphatic hydroxyl groups is 1. The number of benzene rings is 1. The molecule has 1 amide bonds. The monoisotopic (exact) mass is 547 g/mol. The lowest BCUT2D eigenvalue weighted by Crippen LogP contribution is -2.42. The van der Waals surface area contributed by atoms with Gasteiger partial charge in [-0.05, 0) is 68.4 Å². The molecule has 3 heterocycles. The molecule has 1 atom stereocenters. The predicted molar refractivity (Wildman–Crippen MR) is 144 cm³/mol. The van der Waals surface area contributed by atoms with E-state index < -0.39 is 34.1 Å². The molecule has 206 valence electrons. The number of anilines is 4. The first-order chi connectivity index (χ1) is 18.2. The van der Waals surface area contributed by atoms with Gasteiger partial charge in [-0.3, -0.25) is 9.52 Å². The Balaban J connectivity index is 1.40.